The van der Waals surface area contributed by atoms with Crippen molar-refractivity contribution >= 4 is 22.8 Å². The fourth-order valence-electron chi connectivity index (χ4n) is 1.68. The highest BCUT2D eigenvalue weighted by Crippen LogP contribution is 2.28. The van der Waals surface area contributed by atoms with Gasteiger partial charge in [0.05, 0.1) is 12.0 Å². The Hall–Kier alpha value is -2.21. The molecule has 0 aliphatic rings. The van der Waals surface area contributed by atoms with E-state index in [0.717, 1.165) is 5.56 Å². The second-order valence-corrected chi connectivity index (χ2v) is 4.66. The van der Waals surface area contributed by atoms with E-state index in [4.69, 9.17) is 4.74 Å². The molecular formula is C13H11NO4S. The second kappa shape index (κ2) is 5.62. The van der Waals surface area contributed by atoms with Gasteiger partial charge in [0.25, 0.3) is 0 Å². The Morgan fingerprint density at radius 1 is 1.42 bits per heavy atom. The van der Waals surface area contributed by atoms with Gasteiger partial charge in [-0.25, -0.2) is 0 Å². The van der Waals surface area contributed by atoms with Crippen molar-refractivity contribution in [2.24, 2.45) is 0 Å². The van der Waals surface area contributed by atoms with Gasteiger partial charge in [-0.15, -0.1) is 0 Å². The summed E-state index contributed by atoms with van der Waals surface area (Å²) in [6.45, 7) is 0. The number of thiophene rings is 1. The Morgan fingerprint density at radius 2 is 2.21 bits per heavy atom. The van der Waals surface area contributed by atoms with Crippen LogP contribution < -0.4 is 4.74 Å². The quantitative estimate of drug-likeness (QED) is 0.478. The largest absolute Gasteiger partial charge is 0.490 e. The topological polar surface area (TPSA) is 69.4 Å². The smallest absolute Gasteiger partial charge is 0.310 e. The van der Waals surface area contributed by atoms with E-state index in [-0.39, 0.29) is 23.6 Å². The third-order valence-corrected chi connectivity index (χ3v) is 3.38. The number of carbonyl (C=O) groups excluding carboxylic acids is 1. The number of hydrogen-bond acceptors (Lipinski definition) is 5. The van der Waals surface area contributed by atoms with Crippen molar-refractivity contribution in [1.82, 2.24) is 0 Å². The molecule has 0 bridgehead atoms. The maximum Gasteiger partial charge on any atom is 0.310 e. The van der Waals surface area contributed by atoms with Crippen LogP contribution in [0.2, 0.25) is 0 Å². The number of hydrogen-bond donors (Lipinski definition) is 0. The minimum absolute atomic E-state index is 0.0911. The molecule has 0 saturated carbocycles. The van der Waals surface area contributed by atoms with Gasteiger partial charge in [0, 0.05) is 18.1 Å². The summed E-state index contributed by atoms with van der Waals surface area (Å²) in [7, 11) is 1.34. The van der Waals surface area contributed by atoms with Gasteiger partial charge < -0.3 is 4.74 Å². The van der Waals surface area contributed by atoms with E-state index in [1.165, 1.54) is 36.6 Å². The molecule has 0 aliphatic heterocycles. The Bertz CT molecular complexity index is 607. The lowest BCUT2D eigenvalue weighted by Gasteiger charge is -2.04. The first-order valence-electron chi connectivity index (χ1n) is 5.48. The number of rotatable bonds is 5. The zero-order valence-corrected chi connectivity index (χ0v) is 11.0. The lowest BCUT2D eigenvalue weighted by atomic mass is 10.0. The van der Waals surface area contributed by atoms with Crippen molar-refractivity contribution in [3.05, 3.63) is 56.3 Å². The van der Waals surface area contributed by atoms with Gasteiger partial charge >= 0.3 is 5.69 Å². The number of benzene rings is 1. The molecule has 0 saturated heterocycles. The van der Waals surface area contributed by atoms with Crippen molar-refractivity contribution in [2.45, 2.75) is 6.42 Å². The van der Waals surface area contributed by atoms with Crippen LogP contribution in [0.4, 0.5) is 5.69 Å². The molecular weight excluding hydrogens is 266 g/mol. The second-order valence-electron chi connectivity index (χ2n) is 3.88. The Kier molecular flexibility index (Phi) is 3.91. The summed E-state index contributed by atoms with van der Waals surface area (Å²) in [5, 5.41) is 14.6. The molecule has 19 heavy (non-hydrogen) atoms. The Labute approximate surface area is 113 Å². The van der Waals surface area contributed by atoms with E-state index in [1.807, 2.05) is 16.8 Å². The molecule has 1 aromatic carbocycles. The van der Waals surface area contributed by atoms with Crippen LogP contribution in [0, 0.1) is 10.1 Å². The molecule has 0 amide bonds. The van der Waals surface area contributed by atoms with E-state index in [1.54, 1.807) is 0 Å². The van der Waals surface area contributed by atoms with Crippen molar-refractivity contribution in [3.63, 3.8) is 0 Å². The average molecular weight is 277 g/mol. The minimum Gasteiger partial charge on any atom is -0.490 e. The van der Waals surface area contributed by atoms with E-state index >= 15 is 0 Å². The highest BCUT2D eigenvalue weighted by molar-refractivity contribution is 7.08. The summed E-state index contributed by atoms with van der Waals surface area (Å²) < 4.78 is 4.94. The van der Waals surface area contributed by atoms with Crippen molar-refractivity contribution < 1.29 is 14.5 Å². The van der Waals surface area contributed by atoms with Crippen LogP contribution in [-0.2, 0) is 6.42 Å². The number of ketones is 1. The fraction of sp³-hybridized carbons (Fsp3) is 0.154. The van der Waals surface area contributed by atoms with Crippen LogP contribution >= 0.6 is 11.3 Å². The van der Waals surface area contributed by atoms with E-state index in [2.05, 4.69) is 0 Å². The predicted molar refractivity (Wildman–Crippen MR) is 72.0 cm³/mol. The van der Waals surface area contributed by atoms with Crippen molar-refractivity contribution in [2.75, 3.05) is 7.11 Å². The van der Waals surface area contributed by atoms with E-state index in [9.17, 15) is 14.9 Å². The third-order valence-electron chi connectivity index (χ3n) is 2.64. The zero-order valence-electron chi connectivity index (χ0n) is 10.2. The standard InChI is InChI=1S/C13H11NO4S/c1-18-13-7-10(2-3-11(13)14(16)17)12(15)6-9-4-5-19-8-9/h2-5,7-8H,6H2,1H3. The normalized spacial score (nSPS) is 10.2. The summed E-state index contributed by atoms with van der Waals surface area (Å²) in [5.74, 6) is 0.00719. The predicted octanol–water partition coefficient (Wildman–Crippen LogP) is 3.09. The Morgan fingerprint density at radius 3 is 2.79 bits per heavy atom. The summed E-state index contributed by atoms with van der Waals surface area (Å²) >= 11 is 1.52. The molecule has 6 heteroatoms. The molecule has 98 valence electrons. The highest BCUT2D eigenvalue weighted by atomic mass is 32.1. The molecule has 0 N–H and O–H groups in total. The van der Waals surface area contributed by atoms with Crippen LogP contribution in [0.3, 0.4) is 0 Å². The number of nitro groups is 1. The van der Waals surface area contributed by atoms with E-state index < -0.39 is 4.92 Å². The summed E-state index contributed by atoms with van der Waals surface area (Å²) in [6, 6.07) is 6.03. The monoisotopic (exact) mass is 277 g/mol. The number of carbonyl (C=O) groups is 1. The lowest BCUT2D eigenvalue weighted by molar-refractivity contribution is -0.385. The van der Waals surface area contributed by atoms with Gasteiger partial charge in [-0.2, -0.15) is 11.3 Å². The molecule has 0 radical (unpaired) electrons. The Balaban J connectivity index is 2.25. The number of Topliss-reactive ketones (excluding diaryl/α,β-unsaturated/α-hetero) is 1. The molecule has 5 nitrogen and oxygen atoms in total. The number of nitro benzene ring substituents is 1. The van der Waals surface area contributed by atoms with Gasteiger partial charge in [0.1, 0.15) is 0 Å². The summed E-state index contributed by atoms with van der Waals surface area (Å²) in [4.78, 5) is 22.3. The van der Waals surface area contributed by atoms with Gasteiger partial charge in [0.15, 0.2) is 11.5 Å². The highest BCUT2D eigenvalue weighted by Gasteiger charge is 2.17. The number of methoxy groups -OCH3 is 1. The molecule has 1 heterocycles. The molecule has 0 atom stereocenters. The van der Waals surface area contributed by atoms with Crippen LogP contribution in [0.25, 0.3) is 0 Å². The molecule has 2 rings (SSSR count). The maximum atomic E-state index is 12.0. The van der Waals surface area contributed by atoms with Crippen molar-refractivity contribution in [3.8, 4) is 5.75 Å². The molecule has 0 aliphatic carbocycles. The van der Waals surface area contributed by atoms with Gasteiger partial charge in [-0.3, -0.25) is 14.9 Å². The van der Waals surface area contributed by atoms with Gasteiger partial charge in [0.2, 0.25) is 0 Å². The first kappa shape index (κ1) is 13.2. The number of ether oxygens (including phenoxy) is 1. The van der Waals surface area contributed by atoms with Gasteiger partial charge in [-0.1, -0.05) is 0 Å². The van der Waals surface area contributed by atoms with Crippen LogP contribution in [0.15, 0.2) is 35.0 Å². The zero-order chi connectivity index (χ0) is 13.8. The number of nitrogens with zero attached hydrogens (tertiary/aromatic N) is 1. The minimum atomic E-state index is -0.536. The molecule has 0 unspecified atom stereocenters. The maximum absolute atomic E-state index is 12.0. The average Bonchev–Trinajstić information content (AvgIpc) is 2.90. The van der Waals surface area contributed by atoms with Crippen LogP contribution in [0.5, 0.6) is 5.75 Å². The molecule has 2 aromatic rings. The van der Waals surface area contributed by atoms with Crippen LogP contribution in [-0.4, -0.2) is 17.8 Å². The van der Waals surface area contributed by atoms with Crippen molar-refractivity contribution in [1.29, 1.82) is 0 Å². The third kappa shape index (κ3) is 2.97. The SMILES string of the molecule is COc1cc(C(=O)Cc2ccsc2)ccc1[N+](=O)[O-]. The fourth-order valence-corrected chi connectivity index (χ4v) is 2.35. The van der Waals surface area contributed by atoms with E-state index in [0.29, 0.717) is 5.56 Å². The molecule has 0 spiro atoms. The molecule has 1 aromatic heterocycles. The molecule has 0 fully saturated rings. The lowest BCUT2D eigenvalue weighted by Crippen LogP contribution is -2.04. The first-order chi connectivity index (χ1) is 9.11. The summed E-state index contributed by atoms with van der Waals surface area (Å²) in [6.07, 6.45) is 0.282. The van der Waals surface area contributed by atoms with Crippen LogP contribution in [0.1, 0.15) is 15.9 Å². The van der Waals surface area contributed by atoms with Gasteiger partial charge in [-0.05, 0) is 34.5 Å². The summed E-state index contributed by atoms with van der Waals surface area (Å²) in [5.41, 5.74) is 1.20. The first-order valence-corrected chi connectivity index (χ1v) is 6.43.